The van der Waals surface area contributed by atoms with E-state index in [1.165, 1.54) is 44.9 Å². The van der Waals surface area contributed by atoms with E-state index in [0.717, 1.165) is 18.9 Å². The first-order valence-corrected chi connectivity index (χ1v) is 7.74. The first-order chi connectivity index (χ1) is 8.74. The third-order valence-electron chi connectivity index (χ3n) is 4.80. The Morgan fingerprint density at radius 2 is 1.94 bits per heavy atom. The summed E-state index contributed by atoms with van der Waals surface area (Å²) in [4.78, 5) is 14.6. The first-order valence-electron chi connectivity index (χ1n) is 7.74. The second-order valence-electron chi connectivity index (χ2n) is 6.12. The van der Waals surface area contributed by atoms with Crippen LogP contribution in [0, 0.1) is 11.8 Å². The van der Waals surface area contributed by atoms with Crippen LogP contribution < -0.4 is 5.73 Å². The molecule has 2 atom stereocenters. The van der Waals surface area contributed by atoms with Crippen molar-refractivity contribution in [1.82, 2.24) is 4.90 Å². The summed E-state index contributed by atoms with van der Waals surface area (Å²) in [5, 5.41) is 0. The highest BCUT2D eigenvalue weighted by molar-refractivity contribution is 5.79. The number of rotatable bonds is 4. The molecule has 0 aromatic rings. The molecular formula is C15H28N2O. The van der Waals surface area contributed by atoms with E-state index in [0.29, 0.717) is 18.5 Å². The fourth-order valence-electron chi connectivity index (χ4n) is 3.73. The lowest BCUT2D eigenvalue weighted by molar-refractivity contribution is -0.137. The molecular weight excluding hydrogens is 224 g/mol. The van der Waals surface area contributed by atoms with Gasteiger partial charge in [-0.15, -0.1) is 0 Å². The van der Waals surface area contributed by atoms with Crippen molar-refractivity contribution in [3.63, 3.8) is 0 Å². The van der Waals surface area contributed by atoms with Crippen molar-refractivity contribution in [2.45, 2.75) is 64.3 Å². The number of likely N-dealkylation sites (tertiary alicyclic amines) is 1. The summed E-state index contributed by atoms with van der Waals surface area (Å²) in [7, 11) is 0. The fraction of sp³-hybridized carbons (Fsp3) is 0.933. The Kier molecular flexibility index (Phi) is 5.04. The minimum Gasteiger partial charge on any atom is -0.339 e. The second kappa shape index (κ2) is 6.55. The van der Waals surface area contributed by atoms with E-state index in [1.807, 2.05) is 6.92 Å². The van der Waals surface area contributed by atoms with Crippen molar-refractivity contribution < 1.29 is 4.79 Å². The SMILES string of the molecule is CC(CCN)C(=O)N1CCCC1C1CCCCC1. The van der Waals surface area contributed by atoms with Crippen molar-refractivity contribution in [1.29, 1.82) is 0 Å². The van der Waals surface area contributed by atoms with Crippen molar-refractivity contribution in [3.05, 3.63) is 0 Å². The van der Waals surface area contributed by atoms with Gasteiger partial charge in [0.15, 0.2) is 0 Å². The van der Waals surface area contributed by atoms with Crippen LogP contribution in [0.5, 0.6) is 0 Å². The van der Waals surface area contributed by atoms with Gasteiger partial charge in [0.1, 0.15) is 0 Å². The molecule has 104 valence electrons. The van der Waals surface area contributed by atoms with Gasteiger partial charge < -0.3 is 10.6 Å². The summed E-state index contributed by atoms with van der Waals surface area (Å²) < 4.78 is 0. The summed E-state index contributed by atoms with van der Waals surface area (Å²) in [6, 6.07) is 0.540. The molecule has 0 radical (unpaired) electrons. The molecule has 2 aliphatic rings. The van der Waals surface area contributed by atoms with Gasteiger partial charge in [-0.3, -0.25) is 4.79 Å². The van der Waals surface area contributed by atoms with Crippen LogP contribution in [0.25, 0.3) is 0 Å². The normalized spacial score (nSPS) is 27.4. The van der Waals surface area contributed by atoms with Crippen LogP contribution in [-0.4, -0.2) is 29.9 Å². The van der Waals surface area contributed by atoms with Crippen molar-refractivity contribution in [2.24, 2.45) is 17.6 Å². The lowest BCUT2D eigenvalue weighted by Crippen LogP contribution is -2.43. The molecule has 0 aromatic heterocycles. The first kappa shape index (κ1) is 13.9. The molecule has 1 saturated carbocycles. The van der Waals surface area contributed by atoms with Crippen LogP contribution in [0.3, 0.4) is 0 Å². The van der Waals surface area contributed by atoms with Gasteiger partial charge in [-0.05, 0) is 44.6 Å². The zero-order chi connectivity index (χ0) is 13.0. The molecule has 3 heteroatoms. The Morgan fingerprint density at radius 1 is 1.22 bits per heavy atom. The van der Waals surface area contributed by atoms with E-state index in [-0.39, 0.29) is 5.92 Å². The predicted molar refractivity (Wildman–Crippen MR) is 74.1 cm³/mol. The summed E-state index contributed by atoms with van der Waals surface area (Å²) in [5.41, 5.74) is 5.57. The number of nitrogens with zero attached hydrogens (tertiary/aromatic N) is 1. The average molecular weight is 252 g/mol. The summed E-state index contributed by atoms with van der Waals surface area (Å²) >= 11 is 0. The molecule has 1 aliphatic heterocycles. The van der Waals surface area contributed by atoms with Gasteiger partial charge in [-0.25, -0.2) is 0 Å². The van der Waals surface area contributed by atoms with Gasteiger partial charge in [0, 0.05) is 18.5 Å². The quantitative estimate of drug-likeness (QED) is 0.835. The Labute approximate surface area is 111 Å². The minimum absolute atomic E-state index is 0.110. The minimum atomic E-state index is 0.110. The molecule has 0 spiro atoms. The molecule has 1 aliphatic carbocycles. The lowest BCUT2D eigenvalue weighted by atomic mass is 9.82. The predicted octanol–water partition coefficient (Wildman–Crippen LogP) is 2.54. The van der Waals surface area contributed by atoms with Crippen LogP contribution in [-0.2, 0) is 4.79 Å². The Bertz CT molecular complexity index is 274. The average Bonchev–Trinajstić information content (AvgIpc) is 2.88. The van der Waals surface area contributed by atoms with E-state index in [4.69, 9.17) is 5.73 Å². The van der Waals surface area contributed by atoms with Crippen LogP contribution in [0.4, 0.5) is 0 Å². The number of hydrogen-bond donors (Lipinski definition) is 1. The van der Waals surface area contributed by atoms with Gasteiger partial charge in [-0.1, -0.05) is 26.2 Å². The number of carbonyl (C=O) groups excluding carboxylic acids is 1. The highest BCUT2D eigenvalue weighted by Gasteiger charge is 2.36. The van der Waals surface area contributed by atoms with Crippen molar-refractivity contribution in [2.75, 3.05) is 13.1 Å². The molecule has 2 N–H and O–H groups in total. The summed E-state index contributed by atoms with van der Waals surface area (Å²) in [5.74, 6) is 1.24. The zero-order valence-corrected chi connectivity index (χ0v) is 11.7. The molecule has 2 rings (SSSR count). The maximum atomic E-state index is 12.5. The fourth-order valence-corrected chi connectivity index (χ4v) is 3.73. The Hall–Kier alpha value is -0.570. The van der Waals surface area contributed by atoms with E-state index in [2.05, 4.69) is 4.90 Å². The van der Waals surface area contributed by atoms with Crippen LogP contribution in [0.1, 0.15) is 58.3 Å². The molecule has 18 heavy (non-hydrogen) atoms. The van der Waals surface area contributed by atoms with E-state index in [9.17, 15) is 4.79 Å². The maximum absolute atomic E-state index is 12.5. The smallest absolute Gasteiger partial charge is 0.225 e. The van der Waals surface area contributed by atoms with Gasteiger partial charge in [0.2, 0.25) is 5.91 Å². The molecule has 0 aromatic carbocycles. The Balaban J connectivity index is 1.95. The third-order valence-corrected chi connectivity index (χ3v) is 4.80. The topological polar surface area (TPSA) is 46.3 Å². The standard InChI is InChI=1S/C15H28N2O/c1-12(9-10-16)15(18)17-11-5-8-14(17)13-6-3-2-4-7-13/h12-14H,2-11,16H2,1H3. The van der Waals surface area contributed by atoms with E-state index >= 15 is 0 Å². The van der Waals surface area contributed by atoms with Crippen LogP contribution in [0.2, 0.25) is 0 Å². The highest BCUT2D eigenvalue weighted by atomic mass is 16.2. The molecule has 1 amide bonds. The highest BCUT2D eigenvalue weighted by Crippen LogP contribution is 2.35. The van der Waals surface area contributed by atoms with Gasteiger partial charge in [0.25, 0.3) is 0 Å². The molecule has 2 unspecified atom stereocenters. The van der Waals surface area contributed by atoms with Gasteiger partial charge in [-0.2, -0.15) is 0 Å². The van der Waals surface area contributed by atoms with Gasteiger partial charge >= 0.3 is 0 Å². The molecule has 2 fully saturated rings. The number of carbonyl (C=O) groups is 1. The van der Waals surface area contributed by atoms with Crippen molar-refractivity contribution in [3.8, 4) is 0 Å². The summed E-state index contributed by atoms with van der Waals surface area (Å²) in [6.07, 6.45) is 10.0. The molecule has 1 heterocycles. The van der Waals surface area contributed by atoms with Crippen LogP contribution in [0.15, 0.2) is 0 Å². The largest absolute Gasteiger partial charge is 0.339 e. The van der Waals surface area contributed by atoms with E-state index < -0.39 is 0 Å². The van der Waals surface area contributed by atoms with Gasteiger partial charge in [0.05, 0.1) is 0 Å². The lowest BCUT2D eigenvalue weighted by Gasteiger charge is -2.35. The van der Waals surface area contributed by atoms with Crippen LogP contribution >= 0.6 is 0 Å². The molecule has 1 saturated heterocycles. The van der Waals surface area contributed by atoms with E-state index in [1.54, 1.807) is 0 Å². The Morgan fingerprint density at radius 3 is 2.61 bits per heavy atom. The third kappa shape index (κ3) is 3.05. The zero-order valence-electron chi connectivity index (χ0n) is 11.7. The maximum Gasteiger partial charge on any atom is 0.225 e. The molecule has 0 bridgehead atoms. The number of hydrogen-bond acceptors (Lipinski definition) is 2. The summed E-state index contributed by atoms with van der Waals surface area (Å²) in [6.45, 7) is 3.63. The second-order valence-corrected chi connectivity index (χ2v) is 6.12. The number of nitrogens with two attached hydrogens (primary N) is 1. The number of amides is 1. The monoisotopic (exact) mass is 252 g/mol. The van der Waals surface area contributed by atoms with Crippen molar-refractivity contribution >= 4 is 5.91 Å². The molecule has 3 nitrogen and oxygen atoms in total.